The lowest BCUT2D eigenvalue weighted by molar-refractivity contribution is 0.0990. The average molecular weight is 160 g/mol. The number of carbonyl (C=O) groups excluding carboxylic acids is 2. The number of rotatable bonds is 0. The molecule has 2 rings (SSSR count). The van der Waals surface area contributed by atoms with Gasteiger partial charge < -0.3 is 0 Å². The number of ketones is 2. The molecule has 58 valence electrons. The van der Waals surface area contributed by atoms with Crippen LogP contribution in [0.15, 0.2) is 24.7 Å². The van der Waals surface area contributed by atoms with Crippen LogP contribution >= 0.6 is 0 Å². The van der Waals surface area contributed by atoms with E-state index in [9.17, 15) is 9.59 Å². The fourth-order valence-corrected chi connectivity index (χ4v) is 1.03. The zero-order chi connectivity index (χ0) is 8.55. The van der Waals surface area contributed by atoms with Gasteiger partial charge in [0.05, 0.1) is 5.56 Å². The Hall–Kier alpha value is -1.84. The van der Waals surface area contributed by atoms with Crippen molar-refractivity contribution in [3.05, 3.63) is 35.9 Å². The Morgan fingerprint density at radius 1 is 1.08 bits per heavy atom. The number of carbonyl (C=O) groups is 2. The molecule has 0 fully saturated rings. The summed E-state index contributed by atoms with van der Waals surface area (Å²) in [5, 5.41) is 0. The van der Waals surface area contributed by atoms with Gasteiger partial charge in [0.15, 0.2) is 5.78 Å². The maximum Gasteiger partial charge on any atom is 0.205 e. The third kappa shape index (κ3) is 0.852. The van der Waals surface area contributed by atoms with Gasteiger partial charge in [0, 0.05) is 6.20 Å². The van der Waals surface area contributed by atoms with Crippen LogP contribution in [0.5, 0.6) is 0 Å². The van der Waals surface area contributed by atoms with Gasteiger partial charge in [0.2, 0.25) is 5.78 Å². The molecular formula is C8H4N2O2. The van der Waals surface area contributed by atoms with Gasteiger partial charge in [-0.25, -0.2) is 9.97 Å². The Morgan fingerprint density at radius 2 is 1.83 bits per heavy atom. The first-order valence-electron chi connectivity index (χ1n) is 3.36. The molecule has 0 atom stereocenters. The molecule has 4 nitrogen and oxygen atoms in total. The molecule has 1 aliphatic carbocycles. The van der Waals surface area contributed by atoms with Crippen LogP contribution < -0.4 is 0 Å². The molecule has 0 bridgehead atoms. The van der Waals surface area contributed by atoms with Crippen LogP contribution in [0.2, 0.25) is 0 Å². The van der Waals surface area contributed by atoms with Crippen molar-refractivity contribution in [1.29, 1.82) is 0 Å². The SMILES string of the molecule is O=C1C=CC(=O)c2ncncc21. The Labute approximate surface area is 68.0 Å². The van der Waals surface area contributed by atoms with Gasteiger partial charge in [-0.2, -0.15) is 0 Å². The zero-order valence-corrected chi connectivity index (χ0v) is 6.02. The minimum Gasteiger partial charge on any atom is -0.289 e. The standard InChI is InChI=1S/C8H4N2O2/c11-6-1-2-7(12)8-5(6)3-9-4-10-8/h1-4H. The molecule has 0 aliphatic heterocycles. The Balaban J connectivity index is 2.69. The number of aromatic nitrogens is 2. The largest absolute Gasteiger partial charge is 0.289 e. The molecule has 0 N–H and O–H groups in total. The summed E-state index contributed by atoms with van der Waals surface area (Å²) in [5.74, 6) is -0.461. The monoisotopic (exact) mass is 160 g/mol. The van der Waals surface area contributed by atoms with Crippen molar-refractivity contribution < 1.29 is 9.59 Å². The molecule has 0 amide bonds. The highest BCUT2D eigenvalue weighted by Gasteiger charge is 2.19. The molecule has 1 aromatic rings. The van der Waals surface area contributed by atoms with Crippen LogP contribution in [0.25, 0.3) is 0 Å². The number of hydrogen-bond donors (Lipinski definition) is 0. The van der Waals surface area contributed by atoms with Crippen LogP contribution in [-0.4, -0.2) is 21.5 Å². The number of allylic oxidation sites excluding steroid dienone is 2. The summed E-state index contributed by atoms with van der Waals surface area (Å²) in [6.07, 6.45) is 5.06. The molecule has 0 aromatic carbocycles. The van der Waals surface area contributed by atoms with Crippen LogP contribution in [0.1, 0.15) is 20.8 Å². The molecule has 1 heterocycles. The summed E-state index contributed by atoms with van der Waals surface area (Å²) in [5.41, 5.74) is 0.475. The molecule has 4 heteroatoms. The minimum atomic E-state index is -0.244. The maximum atomic E-state index is 11.1. The van der Waals surface area contributed by atoms with Crippen LogP contribution in [0.3, 0.4) is 0 Å². The highest BCUT2D eigenvalue weighted by atomic mass is 16.1. The van der Waals surface area contributed by atoms with Gasteiger partial charge in [-0.15, -0.1) is 0 Å². The van der Waals surface area contributed by atoms with E-state index in [0.29, 0.717) is 0 Å². The van der Waals surface area contributed by atoms with Gasteiger partial charge in [0.1, 0.15) is 12.0 Å². The van der Waals surface area contributed by atoms with Crippen molar-refractivity contribution in [3.63, 3.8) is 0 Å². The molecule has 0 spiro atoms. The second-order valence-electron chi connectivity index (χ2n) is 2.35. The fraction of sp³-hybridized carbons (Fsp3) is 0. The lowest BCUT2D eigenvalue weighted by Crippen LogP contribution is -2.13. The smallest absolute Gasteiger partial charge is 0.205 e. The van der Waals surface area contributed by atoms with Crippen molar-refractivity contribution in [3.8, 4) is 0 Å². The van der Waals surface area contributed by atoms with E-state index in [1.54, 1.807) is 0 Å². The Morgan fingerprint density at radius 3 is 2.58 bits per heavy atom. The summed E-state index contributed by atoms with van der Waals surface area (Å²) < 4.78 is 0. The van der Waals surface area contributed by atoms with Gasteiger partial charge >= 0.3 is 0 Å². The van der Waals surface area contributed by atoms with E-state index in [0.717, 1.165) is 0 Å². The van der Waals surface area contributed by atoms with Crippen LogP contribution in [0.4, 0.5) is 0 Å². The normalized spacial score (nSPS) is 14.7. The lowest BCUT2D eigenvalue weighted by atomic mass is 10.0. The highest BCUT2D eigenvalue weighted by molar-refractivity contribution is 6.20. The second kappa shape index (κ2) is 2.34. The first kappa shape index (κ1) is 6.84. The van der Waals surface area contributed by atoms with E-state index in [4.69, 9.17) is 0 Å². The molecule has 1 aromatic heterocycles. The molecule has 0 saturated heterocycles. The summed E-state index contributed by atoms with van der Waals surface area (Å²) >= 11 is 0. The molecule has 12 heavy (non-hydrogen) atoms. The molecule has 0 radical (unpaired) electrons. The van der Waals surface area contributed by atoms with Crippen LogP contribution in [-0.2, 0) is 0 Å². The van der Waals surface area contributed by atoms with E-state index in [-0.39, 0.29) is 22.8 Å². The van der Waals surface area contributed by atoms with Gasteiger partial charge in [-0.05, 0) is 12.2 Å². The van der Waals surface area contributed by atoms with E-state index in [1.165, 1.54) is 24.7 Å². The van der Waals surface area contributed by atoms with Crippen molar-refractivity contribution in [2.45, 2.75) is 0 Å². The predicted molar refractivity (Wildman–Crippen MR) is 39.8 cm³/mol. The number of hydrogen-bond acceptors (Lipinski definition) is 4. The number of fused-ring (bicyclic) bond motifs is 1. The van der Waals surface area contributed by atoms with Crippen molar-refractivity contribution in [1.82, 2.24) is 9.97 Å². The molecule has 1 aliphatic rings. The first-order chi connectivity index (χ1) is 5.79. The Bertz CT molecular complexity index is 359. The Kier molecular flexibility index (Phi) is 1.33. The summed E-state index contributed by atoms with van der Waals surface area (Å²) in [6.45, 7) is 0. The number of nitrogens with zero attached hydrogens (tertiary/aromatic N) is 2. The molecular weight excluding hydrogens is 156 g/mol. The van der Waals surface area contributed by atoms with E-state index in [1.807, 2.05) is 0 Å². The van der Waals surface area contributed by atoms with Crippen molar-refractivity contribution in [2.75, 3.05) is 0 Å². The molecule has 0 saturated carbocycles. The van der Waals surface area contributed by atoms with Crippen LogP contribution in [0, 0.1) is 0 Å². The highest BCUT2D eigenvalue weighted by Crippen LogP contribution is 2.11. The van der Waals surface area contributed by atoms with E-state index < -0.39 is 0 Å². The maximum absolute atomic E-state index is 11.1. The second-order valence-corrected chi connectivity index (χ2v) is 2.35. The summed E-state index contributed by atoms with van der Waals surface area (Å²) in [7, 11) is 0. The molecule has 0 unspecified atom stereocenters. The van der Waals surface area contributed by atoms with Crippen molar-refractivity contribution >= 4 is 11.6 Å². The van der Waals surface area contributed by atoms with E-state index in [2.05, 4.69) is 9.97 Å². The lowest BCUT2D eigenvalue weighted by Gasteiger charge is -2.04. The van der Waals surface area contributed by atoms with Gasteiger partial charge in [-0.3, -0.25) is 9.59 Å². The van der Waals surface area contributed by atoms with Gasteiger partial charge in [0.25, 0.3) is 0 Å². The van der Waals surface area contributed by atoms with Crippen molar-refractivity contribution in [2.24, 2.45) is 0 Å². The van der Waals surface area contributed by atoms with Gasteiger partial charge in [-0.1, -0.05) is 0 Å². The quantitative estimate of drug-likeness (QED) is 0.551. The fourth-order valence-electron chi connectivity index (χ4n) is 1.03. The third-order valence-corrected chi connectivity index (χ3v) is 1.60. The first-order valence-corrected chi connectivity index (χ1v) is 3.36. The third-order valence-electron chi connectivity index (χ3n) is 1.60. The topological polar surface area (TPSA) is 59.9 Å². The average Bonchev–Trinajstić information content (AvgIpc) is 2.12. The summed E-state index contributed by atoms with van der Waals surface area (Å²) in [6, 6.07) is 0. The summed E-state index contributed by atoms with van der Waals surface area (Å²) in [4.78, 5) is 29.6. The zero-order valence-electron chi connectivity index (χ0n) is 6.02. The minimum absolute atomic E-state index is 0.192. The predicted octanol–water partition coefficient (Wildman–Crippen LogP) is 0.412. The van der Waals surface area contributed by atoms with E-state index >= 15 is 0 Å².